The number of fused-ring (bicyclic) bond motifs is 11. The van der Waals surface area contributed by atoms with Crippen molar-refractivity contribution in [3.63, 3.8) is 0 Å². The molecule has 3 aromatic heterocycles. The minimum atomic E-state index is -1.18. The lowest BCUT2D eigenvalue weighted by Crippen LogP contribution is -2.49. The molecular weight excluding hydrogens is 616 g/mol. The minimum Gasteiger partial charge on any atom is -0.396 e. The van der Waals surface area contributed by atoms with E-state index in [0.29, 0.717) is 31.3 Å². The zero-order chi connectivity index (χ0) is 35.1. The van der Waals surface area contributed by atoms with Gasteiger partial charge in [-0.05, 0) is 117 Å². The second-order valence-corrected chi connectivity index (χ2v) is 13.6. The Kier molecular flexibility index (Phi) is 9.48. The molecule has 0 amide bonds. The lowest BCUT2D eigenvalue weighted by Gasteiger charge is -2.46. The van der Waals surface area contributed by atoms with Gasteiger partial charge < -0.3 is 45.1 Å². The summed E-state index contributed by atoms with van der Waals surface area (Å²) in [5.74, 6) is 0. The zero-order valence-corrected chi connectivity index (χ0v) is 29.1. The zero-order valence-electron chi connectivity index (χ0n) is 29.1. The van der Waals surface area contributed by atoms with Crippen LogP contribution >= 0.6 is 0 Å². The second-order valence-electron chi connectivity index (χ2n) is 13.6. The van der Waals surface area contributed by atoms with Crippen molar-refractivity contribution < 1.29 is 24.9 Å². The van der Waals surface area contributed by atoms with Crippen LogP contribution in [-0.2, 0) is 22.4 Å². The van der Waals surface area contributed by atoms with E-state index in [0.717, 1.165) is 90.1 Å². The first-order valence-corrected chi connectivity index (χ1v) is 17.0. The molecule has 8 bridgehead atoms. The number of H-pyrrole nitrogens is 3. The van der Waals surface area contributed by atoms with Gasteiger partial charge in [0.15, 0.2) is 0 Å². The summed E-state index contributed by atoms with van der Waals surface area (Å²) in [6.45, 7) is 12.4. The molecule has 3 aliphatic rings. The molecule has 5 heterocycles. The van der Waals surface area contributed by atoms with Gasteiger partial charge in [-0.1, -0.05) is 24.8 Å². The van der Waals surface area contributed by atoms with E-state index in [9.17, 15) is 20.1 Å². The third-order valence-corrected chi connectivity index (χ3v) is 11.1. The topological polar surface area (TPSA) is 146 Å². The Hall–Kier alpha value is -4.41. The number of nitrogens with one attached hydrogen (secondary N) is 4. The number of carbonyl (C=O) groups excluding carboxylic acids is 1. The van der Waals surface area contributed by atoms with E-state index >= 15 is 0 Å². The molecule has 0 saturated carbocycles. The van der Waals surface area contributed by atoms with Gasteiger partial charge in [0, 0.05) is 70.8 Å². The van der Waals surface area contributed by atoms with Crippen molar-refractivity contribution in [2.45, 2.75) is 53.4 Å². The largest absolute Gasteiger partial charge is 0.396 e. The molecule has 0 radical (unpaired) electrons. The average Bonchev–Trinajstić information content (AvgIpc) is 3.75. The normalized spacial score (nSPS) is 21.1. The van der Waals surface area contributed by atoms with Crippen LogP contribution in [0.15, 0.2) is 41.3 Å². The molecular formula is C40H48N4O5. The number of aliphatic hydroxyl groups excluding tert-OH is 3. The molecule has 1 saturated heterocycles. The minimum absolute atomic E-state index is 0.0725. The van der Waals surface area contributed by atoms with Crippen LogP contribution in [0.4, 0.5) is 0 Å². The van der Waals surface area contributed by atoms with Crippen LogP contribution in [0, 0.1) is 31.6 Å². The number of aldehydes is 1. The van der Waals surface area contributed by atoms with Gasteiger partial charge >= 0.3 is 0 Å². The fourth-order valence-corrected chi connectivity index (χ4v) is 8.12. The van der Waals surface area contributed by atoms with Gasteiger partial charge in [0.25, 0.3) is 0 Å². The maximum Gasteiger partial charge on any atom is 0.133 e. The van der Waals surface area contributed by atoms with E-state index in [2.05, 4.69) is 71.9 Å². The maximum atomic E-state index is 13.3. The lowest BCUT2D eigenvalue weighted by molar-refractivity contribution is -0.121. The number of hydrogen-bond donors (Lipinski definition) is 7. The SMILES string of the molecule is C=Cc1c2[nH]c(c1C)C=C1NC(=Cc3[nH]c(c(CCCO)c3C)C=c3[nH]c(c(C)c3CCCO)=C2)C2(C)C1=CC=C(CO)C2(C=O)COC. The van der Waals surface area contributed by atoms with Gasteiger partial charge in [0.1, 0.15) is 6.29 Å². The molecule has 7 N–H and O–H groups in total. The van der Waals surface area contributed by atoms with Gasteiger partial charge in [-0.3, -0.25) is 0 Å². The van der Waals surface area contributed by atoms with Crippen LogP contribution in [0.3, 0.4) is 0 Å². The third-order valence-electron chi connectivity index (χ3n) is 11.1. The highest BCUT2D eigenvalue weighted by molar-refractivity contribution is 5.81. The summed E-state index contributed by atoms with van der Waals surface area (Å²) in [6, 6.07) is 0. The van der Waals surface area contributed by atoms with E-state index < -0.39 is 10.8 Å². The van der Waals surface area contributed by atoms with Crippen molar-refractivity contribution in [1.82, 2.24) is 20.3 Å². The first kappa shape index (κ1) is 34.5. The van der Waals surface area contributed by atoms with E-state index in [4.69, 9.17) is 4.74 Å². The van der Waals surface area contributed by atoms with Crippen LogP contribution in [0.1, 0.15) is 75.9 Å². The monoisotopic (exact) mass is 664 g/mol. The number of ether oxygens (including phenoxy) is 1. The summed E-state index contributed by atoms with van der Waals surface area (Å²) in [7, 11) is 1.58. The molecule has 6 rings (SSSR count). The van der Waals surface area contributed by atoms with E-state index in [-0.39, 0.29) is 26.4 Å². The van der Waals surface area contributed by atoms with Gasteiger partial charge in [-0.15, -0.1) is 0 Å². The highest BCUT2D eigenvalue weighted by Gasteiger charge is 2.60. The predicted octanol–water partition coefficient (Wildman–Crippen LogP) is 3.74. The van der Waals surface area contributed by atoms with Crippen molar-refractivity contribution in [2.75, 3.05) is 33.5 Å². The molecule has 3 aromatic rings. The lowest BCUT2D eigenvalue weighted by atomic mass is 9.55. The highest BCUT2D eigenvalue weighted by Crippen LogP contribution is 2.60. The maximum absolute atomic E-state index is 13.3. The number of aromatic amines is 3. The quantitative estimate of drug-likeness (QED) is 0.156. The van der Waals surface area contributed by atoms with E-state index in [1.54, 1.807) is 7.11 Å². The van der Waals surface area contributed by atoms with E-state index in [1.165, 1.54) is 0 Å². The standard InChI is InChI=1S/C40H48N4O5/c1-7-27-23(2)32-17-37-30-13-12-26(20-47)40(21-48,22-49-6)39(30,5)38(44-37)19-33-25(4)29(11-9-15-46)36(43-33)18-35-28(10-8-14-45)24(3)31(42-35)16-34(27)41-32/h7,12-13,16-19,21,41-47H,1,8-11,14-15,20,22H2,2-6H3. The van der Waals surface area contributed by atoms with Crippen LogP contribution in [0.2, 0.25) is 0 Å². The number of hydrogen-bond acceptors (Lipinski definition) is 6. The molecule has 9 nitrogen and oxygen atoms in total. The van der Waals surface area contributed by atoms with Crippen molar-refractivity contribution in [3.8, 4) is 0 Å². The van der Waals surface area contributed by atoms with Crippen LogP contribution in [-0.4, -0.2) is 70.1 Å². The number of aromatic nitrogens is 3. The predicted molar refractivity (Wildman–Crippen MR) is 195 cm³/mol. The smallest absolute Gasteiger partial charge is 0.133 e. The Labute approximate surface area is 287 Å². The first-order valence-electron chi connectivity index (χ1n) is 17.0. The Bertz CT molecular complexity index is 2070. The summed E-state index contributed by atoms with van der Waals surface area (Å²) >= 11 is 0. The summed E-state index contributed by atoms with van der Waals surface area (Å²) in [5, 5.41) is 35.8. The van der Waals surface area contributed by atoms with Crippen LogP contribution < -0.4 is 16.0 Å². The molecule has 1 aliphatic carbocycles. The Morgan fingerprint density at radius 1 is 0.816 bits per heavy atom. The molecule has 49 heavy (non-hydrogen) atoms. The molecule has 0 aromatic carbocycles. The third kappa shape index (κ3) is 5.36. The van der Waals surface area contributed by atoms with Crippen molar-refractivity contribution in [3.05, 3.63) is 108 Å². The molecule has 0 spiro atoms. The molecule has 2 atom stereocenters. The second kappa shape index (κ2) is 13.5. The van der Waals surface area contributed by atoms with Gasteiger partial charge in [0.2, 0.25) is 0 Å². The van der Waals surface area contributed by atoms with Crippen molar-refractivity contribution >= 4 is 36.7 Å². The Morgan fingerprint density at radius 3 is 2.14 bits per heavy atom. The fourth-order valence-electron chi connectivity index (χ4n) is 8.12. The van der Waals surface area contributed by atoms with Crippen molar-refractivity contribution in [1.29, 1.82) is 0 Å². The molecule has 2 unspecified atom stereocenters. The Morgan fingerprint density at radius 2 is 1.49 bits per heavy atom. The van der Waals surface area contributed by atoms with Gasteiger partial charge in [-0.2, -0.15) is 0 Å². The van der Waals surface area contributed by atoms with Gasteiger partial charge in [-0.25, -0.2) is 0 Å². The van der Waals surface area contributed by atoms with Crippen molar-refractivity contribution in [2.24, 2.45) is 10.8 Å². The summed E-state index contributed by atoms with van der Waals surface area (Å²) in [5.41, 5.74) is 11.1. The number of allylic oxidation sites excluding steroid dienone is 4. The van der Waals surface area contributed by atoms with E-state index in [1.807, 2.05) is 25.2 Å². The van der Waals surface area contributed by atoms with Crippen LogP contribution in [0.25, 0.3) is 30.4 Å². The Balaban J connectivity index is 1.74. The molecule has 2 aliphatic heterocycles. The van der Waals surface area contributed by atoms with Crippen LogP contribution in [0.5, 0.6) is 0 Å². The summed E-state index contributed by atoms with van der Waals surface area (Å²) in [4.78, 5) is 24.4. The molecule has 1 fully saturated rings. The highest BCUT2D eigenvalue weighted by atomic mass is 16.5. The molecule has 258 valence electrons. The fraction of sp³-hybridized carbons (Fsp3) is 0.375. The average molecular weight is 665 g/mol. The molecule has 9 heteroatoms. The number of carbonyl (C=O) groups is 1. The number of aliphatic hydroxyl groups is 3. The summed E-state index contributed by atoms with van der Waals surface area (Å²) in [6.07, 6.45) is 17.7. The van der Waals surface area contributed by atoms with Gasteiger partial charge in [0.05, 0.1) is 24.0 Å². The number of methoxy groups -OCH3 is 1. The number of rotatable bonds is 11. The first-order chi connectivity index (χ1) is 23.6. The summed E-state index contributed by atoms with van der Waals surface area (Å²) < 4.78 is 5.73.